The van der Waals surface area contributed by atoms with Crippen LogP contribution in [0.25, 0.3) is 0 Å². The summed E-state index contributed by atoms with van der Waals surface area (Å²) in [5.74, 6) is -3.32. The minimum atomic E-state index is -4.48. The zero-order valence-corrected chi connectivity index (χ0v) is 14.3. The first-order valence-corrected chi connectivity index (χ1v) is 8.20. The van der Waals surface area contributed by atoms with Gasteiger partial charge in [0.15, 0.2) is 0 Å². The first-order valence-electron chi connectivity index (χ1n) is 8.20. The third-order valence-corrected chi connectivity index (χ3v) is 4.71. The molecule has 26 heavy (non-hydrogen) atoms. The lowest BCUT2D eigenvalue weighted by molar-refractivity contribution is -0.183. The monoisotopic (exact) mass is 373 g/mol. The Morgan fingerprint density at radius 3 is 2.50 bits per heavy atom. The highest BCUT2D eigenvalue weighted by Crippen LogP contribution is 2.38. The Bertz CT molecular complexity index is 666. The van der Waals surface area contributed by atoms with Crippen molar-refractivity contribution in [2.45, 2.75) is 25.6 Å². The van der Waals surface area contributed by atoms with Crippen LogP contribution in [0.1, 0.15) is 23.6 Å². The van der Waals surface area contributed by atoms with E-state index in [4.69, 9.17) is 5.73 Å². The van der Waals surface area contributed by atoms with Crippen LogP contribution >= 0.6 is 0 Å². The molecule has 1 fully saturated rings. The number of amides is 3. The highest BCUT2D eigenvalue weighted by molar-refractivity contribution is 5.79. The molecule has 4 N–H and O–H groups in total. The summed E-state index contributed by atoms with van der Waals surface area (Å²) in [6.07, 6.45) is -4.69. The second-order valence-electron chi connectivity index (χ2n) is 6.51. The molecule has 0 radical (unpaired) electrons. The molecule has 9 heteroatoms. The van der Waals surface area contributed by atoms with Crippen LogP contribution < -0.4 is 11.1 Å². The average Bonchev–Trinajstić information content (AvgIpc) is 2.99. The molecular formula is C17H22F3N3O3. The molecule has 6 nitrogen and oxygen atoms in total. The van der Waals surface area contributed by atoms with Crippen LogP contribution in [-0.4, -0.2) is 47.8 Å². The third-order valence-electron chi connectivity index (χ3n) is 4.71. The number of nitrogens with two attached hydrogens (primary N) is 1. The van der Waals surface area contributed by atoms with E-state index >= 15 is 0 Å². The Morgan fingerprint density at radius 1 is 1.35 bits per heavy atom. The fourth-order valence-corrected chi connectivity index (χ4v) is 3.32. The number of hydrogen-bond donors (Lipinski definition) is 3. The van der Waals surface area contributed by atoms with Crippen molar-refractivity contribution in [3.63, 3.8) is 0 Å². The number of benzene rings is 1. The number of aliphatic hydroxyl groups excluding tert-OH is 1. The fourth-order valence-electron chi connectivity index (χ4n) is 3.32. The first kappa shape index (κ1) is 20.0. The summed E-state index contributed by atoms with van der Waals surface area (Å²) >= 11 is 0. The predicted octanol–water partition coefficient (Wildman–Crippen LogP) is 1.72. The highest BCUT2D eigenvalue weighted by atomic mass is 19.4. The molecule has 3 amide bonds. The van der Waals surface area contributed by atoms with Crippen LogP contribution in [0, 0.1) is 18.8 Å². The van der Waals surface area contributed by atoms with Gasteiger partial charge in [-0.15, -0.1) is 0 Å². The molecule has 1 aliphatic rings. The van der Waals surface area contributed by atoms with Crippen molar-refractivity contribution in [2.24, 2.45) is 17.6 Å². The summed E-state index contributed by atoms with van der Waals surface area (Å²) in [5.41, 5.74) is 6.67. The van der Waals surface area contributed by atoms with Crippen LogP contribution in [0.2, 0.25) is 0 Å². The molecule has 0 bridgehead atoms. The Balaban J connectivity index is 2.15. The van der Waals surface area contributed by atoms with Gasteiger partial charge in [0.1, 0.15) is 0 Å². The van der Waals surface area contributed by atoms with E-state index in [0.717, 1.165) is 10.5 Å². The number of carbonyl (C=O) groups is 2. The first-order chi connectivity index (χ1) is 12.1. The molecule has 1 saturated heterocycles. The van der Waals surface area contributed by atoms with Gasteiger partial charge in [0.25, 0.3) is 0 Å². The summed E-state index contributed by atoms with van der Waals surface area (Å²) in [7, 11) is 0. The molecule has 3 atom stereocenters. The van der Waals surface area contributed by atoms with Crippen molar-refractivity contribution in [2.75, 3.05) is 19.7 Å². The molecule has 1 aromatic rings. The van der Waals surface area contributed by atoms with Crippen molar-refractivity contribution in [3.8, 4) is 0 Å². The number of nitrogens with zero attached hydrogens (tertiary/aromatic N) is 1. The van der Waals surface area contributed by atoms with E-state index < -0.39 is 49.1 Å². The maximum atomic E-state index is 13.1. The maximum Gasteiger partial charge on any atom is 0.393 e. The van der Waals surface area contributed by atoms with Crippen molar-refractivity contribution in [1.29, 1.82) is 0 Å². The Morgan fingerprint density at radius 2 is 2.00 bits per heavy atom. The minimum Gasteiger partial charge on any atom is -0.396 e. The number of urea groups is 1. The Kier molecular flexibility index (Phi) is 6.12. The van der Waals surface area contributed by atoms with Crippen LogP contribution in [-0.2, 0) is 4.79 Å². The number of likely N-dealkylation sites (tertiary alicyclic amines) is 1. The molecule has 144 valence electrons. The zero-order chi connectivity index (χ0) is 19.5. The predicted molar refractivity (Wildman–Crippen MR) is 88.0 cm³/mol. The second kappa shape index (κ2) is 7.94. The van der Waals surface area contributed by atoms with E-state index in [9.17, 15) is 27.9 Å². The van der Waals surface area contributed by atoms with E-state index in [1.807, 2.05) is 0 Å². The van der Waals surface area contributed by atoms with E-state index in [2.05, 4.69) is 5.32 Å². The van der Waals surface area contributed by atoms with Gasteiger partial charge in [0.2, 0.25) is 5.91 Å². The van der Waals surface area contributed by atoms with Crippen LogP contribution in [0.3, 0.4) is 0 Å². The van der Waals surface area contributed by atoms with Gasteiger partial charge in [-0.1, -0.05) is 24.3 Å². The lowest BCUT2D eigenvalue weighted by Gasteiger charge is -2.23. The molecule has 2 rings (SSSR count). The number of primary amides is 1. The summed E-state index contributed by atoms with van der Waals surface area (Å²) in [6, 6.07) is 5.49. The van der Waals surface area contributed by atoms with Gasteiger partial charge in [-0.05, 0) is 18.1 Å². The standard InChI is InChI=1S/C17H22F3N3O3/c1-10-4-2-3-5-12(10)14(22-16(21)26)6-15(25)23-7-11(9-24)13(8-23)17(18,19)20/h2-5,11,13-14,24H,6-9H2,1H3,(H3,21,22,26)/t11-,13+,14?/m0/s1. The lowest BCUT2D eigenvalue weighted by atomic mass is 9.97. The quantitative estimate of drug-likeness (QED) is 0.733. The molecule has 1 aliphatic heterocycles. The number of carbonyl (C=O) groups excluding carboxylic acids is 2. The highest BCUT2D eigenvalue weighted by Gasteiger charge is 2.50. The molecular weight excluding hydrogens is 351 g/mol. The molecule has 0 spiro atoms. The number of aliphatic hydroxyl groups is 1. The van der Waals surface area contributed by atoms with Crippen molar-refractivity contribution < 1.29 is 27.9 Å². The number of nitrogens with one attached hydrogen (secondary N) is 1. The van der Waals surface area contributed by atoms with Gasteiger partial charge in [0.05, 0.1) is 18.4 Å². The number of rotatable bonds is 5. The van der Waals surface area contributed by atoms with Gasteiger partial charge in [-0.25, -0.2) is 4.79 Å². The number of halogens is 3. The Hall–Kier alpha value is -2.29. The summed E-state index contributed by atoms with van der Waals surface area (Å²) in [6.45, 7) is 0.489. The minimum absolute atomic E-state index is 0.170. The van der Waals surface area contributed by atoms with Gasteiger partial charge in [-0.3, -0.25) is 4.79 Å². The average molecular weight is 373 g/mol. The van der Waals surface area contributed by atoms with Crippen molar-refractivity contribution >= 4 is 11.9 Å². The number of hydrogen-bond acceptors (Lipinski definition) is 3. The largest absolute Gasteiger partial charge is 0.396 e. The van der Waals surface area contributed by atoms with E-state index in [-0.39, 0.29) is 13.0 Å². The van der Waals surface area contributed by atoms with Crippen LogP contribution in [0.5, 0.6) is 0 Å². The van der Waals surface area contributed by atoms with E-state index in [1.54, 1.807) is 31.2 Å². The third kappa shape index (κ3) is 4.66. The van der Waals surface area contributed by atoms with Crippen molar-refractivity contribution in [1.82, 2.24) is 10.2 Å². The number of alkyl halides is 3. The summed E-state index contributed by atoms with van der Waals surface area (Å²) in [5, 5.41) is 11.7. The van der Waals surface area contributed by atoms with Gasteiger partial charge in [-0.2, -0.15) is 13.2 Å². The molecule has 0 saturated carbocycles. The van der Waals surface area contributed by atoms with Gasteiger partial charge >= 0.3 is 12.2 Å². The summed E-state index contributed by atoms with van der Waals surface area (Å²) < 4.78 is 39.2. The molecule has 1 aromatic carbocycles. The van der Waals surface area contributed by atoms with Crippen LogP contribution in [0.15, 0.2) is 24.3 Å². The fraction of sp³-hybridized carbons (Fsp3) is 0.529. The van der Waals surface area contributed by atoms with Crippen molar-refractivity contribution in [3.05, 3.63) is 35.4 Å². The SMILES string of the molecule is Cc1ccccc1C(CC(=O)N1C[C@@H](CO)[C@H](C(F)(F)F)C1)NC(N)=O. The summed E-state index contributed by atoms with van der Waals surface area (Å²) in [4.78, 5) is 24.9. The Labute approximate surface area is 149 Å². The van der Waals surface area contributed by atoms with Crippen LogP contribution in [0.4, 0.5) is 18.0 Å². The normalized spacial score (nSPS) is 21.5. The molecule has 0 aromatic heterocycles. The second-order valence-corrected chi connectivity index (χ2v) is 6.51. The van der Waals surface area contributed by atoms with E-state index in [0.29, 0.717) is 5.56 Å². The molecule has 1 heterocycles. The van der Waals surface area contributed by atoms with E-state index in [1.165, 1.54) is 0 Å². The molecule has 0 aliphatic carbocycles. The molecule has 1 unspecified atom stereocenters. The maximum absolute atomic E-state index is 13.1. The lowest BCUT2D eigenvalue weighted by Crippen LogP contribution is -2.38. The number of aryl methyl sites for hydroxylation is 1. The smallest absolute Gasteiger partial charge is 0.393 e. The topological polar surface area (TPSA) is 95.7 Å². The van der Waals surface area contributed by atoms with Gasteiger partial charge < -0.3 is 21.1 Å². The van der Waals surface area contributed by atoms with Gasteiger partial charge in [0, 0.05) is 25.6 Å². The zero-order valence-electron chi connectivity index (χ0n) is 14.3.